The molecule has 0 aliphatic carbocycles. The molecule has 1 atom stereocenters. The highest BCUT2D eigenvalue weighted by atomic mass is 16.3. The van der Waals surface area contributed by atoms with Crippen LogP contribution in [0.2, 0.25) is 0 Å². The number of aldehydes is 1. The second-order valence-corrected chi connectivity index (χ2v) is 3.33. The number of hydrogen-bond acceptors (Lipinski definition) is 2. The van der Waals surface area contributed by atoms with Crippen LogP contribution in [0.5, 0.6) is 0 Å². The van der Waals surface area contributed by atoms with Crippen molar-refractivity contribution in [2.75, 3.05) is 0 Å². The lowest BCUT2D eigenvalue weighted by molar-refractivity contribution is 0.112. The zero-order valence-electron chi connectivity index (χ0n) is 10.3. The van der Waals surface area contributed by atoms with E-state index < -0.39 is 6.10 Å². The Morgan fingerprint density at radius 1 is 0.950 bits per heavy atom. The minimum atomic E-state index is -0.967. The molecule has 0 fully saturated rings. The highest BCUT2D eigenvalue weighted by molar-refractivity contribution is 5.74. The summed E-state index contributed by atoms with van der Waals surface area (Å²) in [5.41, 5.74) is 1.12. The maximum absolute atomic E-state index is 10.5. The number of rotatable bonds is 2. The van der Waals surface area contributed by atoms with Gasteiger partial charge in [-0.3, -0.25) is 10.7 Å². The lowest BCUT2D eigenvalue weighted by Crippen LogP contribution is -1.93. The number of carbonyl (C=O) groups is 1. The minimum absolute atomic E-state index is 0.534. The summed E-state index contributed by atoms with van der Waals surface area (Å²) in [5.74, 6) is 21.1. The van der Waals surface area contributed by atoms with Crippen molar-refractivity contribution in [1.82, 2.24) is 0 Å². The van der Waals surface area contributed by atoms with Gasteiger partial charge in [0.15, 0.2) is 0 Å². The fraction of sp³-hybridized carbons (Fsp3) is 0.0556. The highest BCUT2D eigenvalue weighted by Crippen LogP contribution is 2.11. The van der Waals surface area contributed by atoms with Gasteiger partial charge in [0.2, 0.25) is 0 Å². The van der Waals surface area contributed by atoms with E-state index in [9.17, 15) is 9.90 Å². The first-order chi connectivity index (χ1) is 9.77. The first-order valence-electron chi connectivity index (χ1n) is 5.43. The molecule has 0 heterocycles. The summed E-state index contributed by atoms with van der Waals surface area (Å²) in [5, 5.41) is 9.74. The van der Waals surface area contributed by atoms with Gasteiger partial charge in [0, 0.05) is 5.56 Å². The molecule has 0 spiro atoms. The van der Waals surface area contributed by atoms with Gasteiger partial charge in [-0.05, 0) is 35.2 Å². The van der Waals surface area contributed by atoms with E-state index in [1.54, 1.807) is 24.3 Å². The standard InChI is InChI=1S/C18H7O2/c1-2-3-4-5-6-7-8-9-10-18(20)17-13-11-16(15-19)12-14-17/h11-15,18,20H/q-1. The van der Waals surface area contributed by atoms with Crippen LogP contribution in [0.25, 0.3) is 0 Å². The molecule has 0 aliphatic heterocycles. The maximum Gasteiger partial charge on any atom is 0.150 e. The van der Waals surface area contributed by atoms with Crippen LogP contribution in [0.1, 0.15) is 22.0 Å². The Labute approximate surface area is 118 Å². The molecule has 1 N–H and O–H groups in total. The van der Waals surface area contributed by atoms with Crippen molar-refractivity contribution < 1.29 is 9.90 Å². The van der Waals surface area contributed by atoms with E-state index >= 15 is 0 Å². The number of benzene rings is 1. The molecule has 0 aliphatic rings. The second kappa shape index (κ2) is 8.70. The zero-order chi connectivity index (χ0) is 14.6. The van der Waals surface area contributed by atoms with Crippen molar-refractivity contribution in [2.24, 2.45) is 0 Å². The highest BCUT2D eigenvalue weighted by Gasteiger charge is 2.02. The first kappa shape index (κ1) is 14.7. The fourth-order valence-corrected chi connectivity index (χ4v) is 1.13. The molecule has 0 saturated heterocycles. The molecule has 1 rings (SSSR count). The first-order valence-corrected chi connectivity index (χ1v) is 5.43. The van der Waals surface area contributed by atoms with E-state index in [-0.39, 0.29) is 0 Å². The molecule has 0 radical (unpaired) electrons. The summed E-state index contributed by atoms with van der Waals surface area (Å²) in [6, 6.07) is 6.45. The molecular weight excluding hydrogens is 248 g/mol. The molecule has 1 unspecified atom stereocenters. The lowest BCUT2D eigenvalue weighted by Gasteiger charge is -2.02. The topological polar surface area (TPSA) is 37.3 Å². The largest absolute Gasteiger partial charge is 0.376 e. The molecular formula is C18H7O2-. The number of hydrogen-bond donors (Lipinski definition) is 1. The summed E-state index contributed by atoms with van der Waals surface area (Å²) in [6.45, 7) is 0. The fourth-order valence-electron chi connectivity index (χ4n) is 1.13. The third kappa shape index (κ3) is 5.32. The second-order valence-electron chi connectivity index (χ2n) is 3.33. The molecule has 1 aromatic rings. The summed E-state index contributed by atoms with van der Waals surface area (Å²) < 4.78 is 0. The van der Waals surface area contributed by atoms with Crippen molar-refractivity contribution in [1.29, 1.82) is 0 Å². The van der Waals surface area contributed by atoms with Gasteiger partial charge in [0.25, 0.3) is 0 Å². The SMILES string of the molecule is [C-]#CC#CC#CC#CC#CC(O)c1ccc(C=O)cc1. The predicted octanol–water partition coefficient (Wildman–Crippen LogP) is 1.14. The summed E-state index contributed by atoms with van der Waals surface area (Å²) in [6.07, 6.45) is 6.27. The van der Waals surface area contributed by atoms with Gasteiger partial charge in [-0.25, -0.2) is 5.92 Å². The molecule has 1 aromatic carbocycles. The van der Waals surface area contributed by atoms with Crippen LogP contribution in [0.4, 0.5) is 0 Å². The molecule has 2 heteroatoms. The zero-order valence-corrected chi connectivity index (χ0v) is 10.3. The summed E-state index contributed by atoms with van der Waals surface area (Å²) in [7, 11) is 0. The van der Waals surface area contributed by atoms with E-state index in [1.807, 2.05) is 5.92 Å². The van der Waals surface area contributed by atoms with E-state index in [4.69, 9.17) is 6.42 Å². The van der Waals surface area contributed by atoms with Gasteiger partial charge >= 0.3 is 0 Å². The van der Waals surface area contributed by atoms with Crippen LogP contribution >= 0.6 is 0 Å². The number of aliphatic hydroxyl groups excluding tert-OH is 1. The lowest BCUT2D eigenvalue weighted by atomic mass is 10.1. The third-order valence-electron chi connectivity index (χ3n) is 2.03. The monoisotopic (exact) mass is 255 g/mol. The Kier molecular flexibility index (Phi) is 6.40. The number of carbonyl (C=O) groups excluding carboxylic acids is 1. The van der Waals surface area contributed by atoms with Crippen LogP contribution in [0, 0.1) is 59.7 Å². The molecule has 92 valence electrons. The van der Waals surface area contributed by atoms with E-state index in [0.717, 1.165) is 6.29 Å². The van der Waals surface area contributed by atoms with Crippen LogP contribution < -0.4 is 0 Å². The third-order valence-corrected chi connectivity index (χ3v) is 2.03. The van der Waals surface area contributed by atoms with Crippen molar-refractivity contribution in [3.05, 3.63) is 41.8 Å². The summed E-state index contributed by atoms with van der Waals surface area (Å²) >= 11 is 0. The van der Waals surface area contributed by atoms with Crippen LogP contribution in [-0.2, 0) is 0 Å². The van der Waals surface area contributed by atoms with Gasteiger partial charge in [-0.1, -0.05) is 30.2 Å². The molecule has 0 aromatic heterocycles. The van der Waals surface area contributed by atoms with Crippen LogP contribution in [0.3, 0.4) is 0 Å². The Bertz CT molecular complexity index is 762. The molecule has 20 heavy (non-hydrogen) atoms. The van der Waals surface area contributed by atoms with Crippen LogP contribution in [0.15, 0.2) is 24.3 Å². The van der Waals surface area contributed by atoms with E-state index in [1.165, 1.54) is 0 Å². The van der Waals surface area contributed by atoms with Gasteiger partial charge in [-0.15, -0.1) is 5.92 Å². The number of aliphatic hydroxyl groups is 1. The Hall–Kier alpha value is -3.35. The quantitative estimate of drug-likeness (QED) is 0.489. The van der Waals surface area contributed by atoms with Gasteiger partial charge in [-0.2, -0.15) is 0 Å². The van der Waals surface area contributed by atoms with Crippen molar-refractivity contribution in [2.45, 2.75) is 6.10 Å². The molecule has 0 saturated carbocycles. The maximum atomic E-state index is 10.5. The van der Waals surface area contributed by atoms with Gasteiger partial charge in [0.1, 0.15) is 12.4 Å². The predicted molar refractivity (Wildman–Crippen MR) is 75.0 cm³/mol. The van der Waals surface area contributed by atoms with Gasteiger partial charge < -0.3 is 11.5 Å². The Morgan fingerprint density at radius 2 is 1.50 bits per heavy atom. The van der Waals surface area contributed by atoms with E-state index in [0.29, 0.717) is 11.1 Å². The molecule has 2 nitrogen and oxygen atoms in total. The van der Waals surface area contributed by atoms with Crippen molar-refractivity contribution in [3.63, 3.8) is 0 Å². The Balaban J connectivity index is 2.67. The van der Waals surface area contributed by atoms with Crippen molar-refractivity contribution in [3.8, 4) is 53.3 Å². The minimum Gasteiger partial charge on any atom is -0.376 e. The Morgan fingerprint density at radius 3 is 2.05 bits per heavy atom. The van der Waals surface area contributed by atoms with Gasteiger partial charge in [0.05, 0.1) is 0 Å². The summed E-state index contributed by atoms with van der Waals surface area (Å²) in [4.78, 5) is 10.5. The average molecular weight is 255 g/mol. The van der Waals surface area contributed by atoms with Crippen LogP contribution in [-0.4, -0.2) is 11.4 Å². The van der Waals surface area contributed by atoms with Crippen molar-refractivity contribution >= 4 is 6.29 Å². The average Bonchev–Trinajstić information content (AvgIpc) is 2.50. The molecule has 0 bridgehead atoms. The smallest absolute Gasteiger partial charge is 0.150 e. The normalized spacial score (nSPS) is 8.60. The van der Waals surface area contributed by atoms with E-state index in [2.05, 4.69) is 47.4 Å². The molecule has 0 amide bonds.